The van der Waals surface area contributed by atoms with Crippen LogP contribution in [0.4, 0.5) is 5.69 Å². The predicted molar refractivity (Wildman–Crippen MR) is 115 cm³/mol. The highest BCUT2D eigenvalue weighted by molar-refractivity contribution is 7.99. The third-order valence-corrected chi connectivity index (χ3v) is 5.66. The number of methoxy groups -OCH3 is 1. The van der Waals surface area contributed by atoms with Crippen molar-refractivity contribution in [2.45, 2.75) is 37.6 Å². The Morgan fingerprint density at radius 2 is 1.90 bits per heavy atom. The van der Waals surface area contributed by atoms with Crippen molar-refractivity contribution in [3.8, 4) is 22.9 Å². The lowest BCUT2D eigenvalue weighted by Gasteiger charge is -2.19. The van der Waals surface area contributed by atoms with Crippen molar-refractivity contribution < 1.29 is 9.47 Å². The molecule has 0 amide bonds. The predicted octanol–water partition coefficient (Wildman–Crippen LogP) is 5.33. The molecule has 4 rings (SSSR count). The summed E-state index contributed by atoms with van der Waals surface area (Å²) in [6, 6.07) is 15.8. The summed E-state index contributed by atoms with van der Waals surface area (Å²) in [6.45, 7) is 2.20. The molecule has 6 nitrogen and oxygen atoms in total. The molecule has 0 saturated heterocycles. The molecule has 3 aromatic rings. The maximum Gasteiger partial charge on any atom is 0.247 e. The van der Waals surface area contributed by atoms with E-state index in [1.54, 1.807) is 18.9 Å². The van der Waals surface area contributed by atoms with Crippen molar-refractivity contribution in [2.75, 3.05) is 18.2 Å². The number of aromatic nitrogens is 3. The van der Waals surface area contributed by atoms with Gasteiger partial charge >= 0.3 is 0 Å². The molecule has 1 atom stereocenters. The first-order valence-corrected chi connectivity index (χ1v) is 10.8. The van der Waals surface area contributed by atoms with Gasteiger partial charge in [-0.1, -0.05) is 49.7 Å². The third-order valence-electron chi connectivity index (χ3n) is 4.73. The van der Waals surface area contributed by atoms with Gasteiger partial charge in [0, 0.05) is 22.6 Å². The fraction of sp³-hybridized carbons (Fsp3) is 0.318. The molecule has 0 radical (unpaired) electrons. The Kier molecular flexibility index (Phi) is 6.14. The number of nitrogens with one attached hydrogen (secondary N) is 1. The number of rotatable bonds is 7. The highest BCUT2D eigenvalue weighted by Gasteiger charge is 2.26. The normalized spacial score (nSPS) is 14.8. The molecule has 0 saturated carbocycles. The van der Waals surface area contributed by atoms with E-state index in [0.29, 0.717) is 16.7 Å². The smallest absolute Gasteiger partial charge is 0.247 e. The van der Waals surface area contributed by atoms with Gasteiger partial charge in [0.05, 0.1) is 7.11 Å². The molecule has 0 spiro atoms. The van der Waals surface area contributed by atoms with Crippen LogP contribution in [-0.4, -0.2) is 28.0 Å². The van der Waals surface area contributed by atoms with E-state index in [2.05, 4.69) is 27.4 Å². The molecule has 1 N–H and O–H groups in total. The van der Waals surface area contributed by atoms with Gasteiger partial charge in [0.1, 0.15) is 5.75 Å². The number of para-hydroxylation sites is 1. The summed E-state index contributed by atoms with van der Waals surface area (Å²) < 4.78 is 11.6. The number of benzene rings is 2. The molecule has 29 heavy (non-hydrogen) atoms. The van der Waals surface area contributed by atoms with Crippen molar-refractivity contribution in [1.29, 1.82) is 0 Å². The minimum atomic E-state index is -0.391. The molecule has 0 fully saturated rings. The van der Waals surface area contributed by atoms with E-state index in [9.17, 15) is 0 Å². The minimum absolute atomic E-state index is 0.391. The molecule has 0 unspecified atom stereocenters. The largest absolute Gasteiger partial charge is 0.497 e. The Labute approximate surface area is 175 Å². The minimum Gasteiger partial charge on any atom is -0.497 e. The Morgan fingerprint density at radius 1 is 1.07 bits per heavy atom. The van der Waals surface area contributed by atoms with Crippen LogP contribution in [0.15, 0.2) is 53.7 Å². The summed E-state index contributed by atoms with van der Waals surface area (Å²) >= 11 is 1.62. The molecule has 150 valence electrons. The number of fused-ring (bicyclic) bond motifs is 3. The van der Waals surface area contributed by atoms with Gasteiger partial charge in [-0.2, -0.15) is 4.98 Å². The number of hydrogen-bond acceptors (Lipinski definition) is 7. The summed E-state index contributed by atoms with van der Waals surface area (Å²) in [5, 5.41) is 12.9. The summed E-state index contributed by atoms with van der Waals surface area (Å²) in [5.41, 5.74) is 3.50. The number of thioether (sulfide) groups is 1. The Morgan fingerprint density at radius 3 is 2.69 bits per heavy atom. The zero-order valence-electron chi connectivity index (χ0n) is 16.6. The van der Waals surface area contributed by atoms with Gasteiger partial charge in [-0.25, -0.2) is 0 Å². The van der Waals surface area contributed by atoms with Crippen LogP contribution in [0.25, 0.3) is 11.3 Å². The van der Waals surface area contributed by atoms with Crippen molar-refractivity contribution in [2.24, 2.45) is 0 Å². The van der Waals surface area contributed by atoms with Gasteiger partial charge in [-0.3, -0.25) is 0 Å². The highest BCUT2D eigenvalue weighted by atomic mass is 32.2. The molecule has 7 heteroatoms. The molecule has 1 aliphatic rings. The van der Waals surface area contributed by atoms with Crippen molar-refractivity contribution >= 4 is 17.4 Å². The summed E-state index contributed by atoms with van der Waals surface area (Å²) in [4.78, 5) is 4.68. The fourth-order valence-electron chi connectivity index (χ4n) is 3.15. The molecular weight excluding hydrogens is 384 g/mol. The number of anilines is 1. The monoisotopic (exact) mass is 408 g/mol. The highest BCUT2D eigenvalue weighted by Crippen LogP contribution is 2.39. The lowest BCUT2D eigenvalue weighted by atomic mass is 10.1. The van der Waals surface area contributed by atoms with Crippen LogP contribution in [0.5, 0.6) is 11.6 Å². The maximum absolute atomic E-state index is 6.29. The summed E-state index contributed by atoms with van der Waals surface area (Å²) in [5.74, 6) is 2.28. The Bertz CT molecular complexity index is 965. The standard InChI is InChI=1S/C22H24N4O2S/c1-3-4-7-14-29-22-24-21-19(25-26-22)17-8-5-6-9-18(17)23-20(28-21)15-10-12-16(27-2)13-11-15/h5-6,8-13,20,23H,3-4,7,14H2,1-2H3/t20-/m1/s1. The van der Waals surface area contributed by atoms with Crippen LogP contribution < -0.4 is 14.8 Å². The number of unbranched alkanes of at least 4 members (excludes halogenated alkanes) is 2. The molecule has 2 aromatic carbocycles. The first-order chi connectivity index (χ1) is 14.3. The lowest BCUT2D eigenvalue weighted by Crippen LogP contribution is -2.17. The number of ether oxygens (including phenoxy) is 2. The topological polar surface area (TPSA) is 69.2 Å². The Hall–Kier alpha value is -2.80. The van der Waals surface area contributed by atoms with Crippen LogP contribution in [0.3, 0.4) is 0 Å². The van der Waals surface area contributed by atoms with E-state index >= 15 is 0 Å². The van der Waals surface area contributed by atoms with Gasteiger partial charge in [0.2, 0.25) is 11.0 Å². The number of hydrogen-bond donors (Lipinski definition) is 1. The fourth-order valence-corrected chi connectivity index (χ4v) is 3.93. The first-order valence-electron chi connectivity index (χ1n) is 9.82. The molecule has 0 aliphatic carbocycles. The van der Waals surface area contributed by atoms with Crippen LogP contribution in [0.2, 0.25) is 0 Å². The van der Waals surface area contributed by atoms with E-state index in [0.717, 1.165) is 34.7 Å². The number of nitrogens with zero attached hydrogens (tertiary/aromatic N) is 3. The van der Waals surface area contributed by atoms with E-state index < -0.39 is 6.23 Å². The zero-order valence-corrected chi connectivity index (χ0v) is 17.4. The van der Waals surface area contributed by atoms with Gasteiger partial charge in [-0.15, -0.1) is 10.2 Å². The third kappa shape index (κ3) is 4.45. The quantitative estimate of drug-likeness (QED) is 0.418. The van der Waals surface area contributed by atoms with Crippen LogP contribution in [0.1, 0.15) is 38.0 Å². The van der Waals surface area contributed by atoms with Crippen molar-refractivity contribution in [3.63, 3.8) is 0 Å². The molecule has 0 bridgehead atoms. The zero-order chi connectivity index (χ0) is 20.1. The van der Waals surface area contributed by atoms with Crippen LogP contribution in [-0.2, 0) is 0 Å². The molecule has 1 aliphatic heterocycles. The second-order valence-electron chi connectivity index (χ2n) is 6.76. The second-order valence-corrected chi connectivity index (χ2v) is 7.83. The van der Waals surface area contributed by atoms with Crippen LogP contribution >= 0.6 is 11.8 Å². The second kappa shape index (κ2) is 9.13. The van der Waals surface area contributed by atoms with Gasteiger partial charge in [0.15, 0.2) is 11.9 Å². The summed E-state index contributed by atoms with van der Waals surface area (Å²) in [6.07, 6.45) is 3.15. The molecule has 1 aromatic heterocycles. The first kappa shape index (κ1) is 19.5. The molecule has 2 heterocycles. The van der Waals surface area contributed by atoms with Gasteiger partial charge in [-0.05, 0) is 36.8 Å². The van der Waals surface area contributed by atoms with E-state index in [1.165, 1.54) is 12.8 Å². The van der Waals surface area contributed by atoms with Gasteiger partial charge in [0.25, 0.3) is 0 Å². The maximum atomic E-state index is 6.29. The van der Waals surface area contributed by atoms with E-state index in [4.69, 9.17) is 9.47 Å². The average Bonchev–Trinajstić information content (AvgIpc) is 2.93. The summed E-state index contributed by atoms with van der Waals surface area (Å²) in [7, 11) is 1.66. The van der Waals surface area contributed by atoms with Crippen molar-refractivity contribution in [1.82, 2.24) is 15.2 Å². The lowest BCUT2D eigenvalue weighted by molar-refractivity contribution is 0.225. The van der Waals surface area contributed by atoms with Gasteiger partial charge < -0.3 is 14.8 Å². The van der Waals surface area contributed by atoms with E-state index in [-0.39, 0.29) is 0 Å². The average molecular weight is 409 g/mol. The van der Waals surface area contributed by atoms with Crippen molar-refractivity contribution in [3.05, 3.63) is 54.1 Å². The molecular formula is C22H24N4O2S. The Balaban J connectivity index is 1.66. The SMILES string of the molecule is CCCCCSc1nnc2c(n1)O[C@H](c1ccc(OC)cc1)Nc1ccccc1-2. The van der Waals surface area contributed by atoms with Crippen LogP contribution in [0, 0.1) is 0 Å². The van der Waals surface area contributed by atoms with E-state index in [1.807, 2.05) is 48.5 Å².